The van der Waals surface area contributed by atoms with E-state index in [2.05, 4.69) is 12.1 Å². The minimum atomic E-state index is -0.406. The fourth-order valence-electron chi connectivity index (χ4n) is 2.91. The predicted octanol–water partition coefficient (Wildman–Crippen LogP) is 3.51. The summed E-state index contributed by atoms with van der Waals surface area (Å²) in [4.78, 5) is 22.9. The van der Waals surface area contributed by atoms with Crippen molar-refractivity contribution >= 4 is 12.1 Å². The molecule has 1 aliphatic carbocycles. The Labute approximate surface area is 118 Å². The van der Waals surface area contributed by atoms with Crippen molar-refractivity contribution in [2.75, 3.05) is 0 Å². The third-order valence-electron chi connectivity index (χ3n) is 4.24. The van der Waals surface area contributed by atoms with Gasteiger partial charge >= 0.3 is 0 Å². The van der Waals surface area contributed by atoms with Crippen LogP contribution in [0.3, 0.4) is 0 Å². The minimum absolute atomic E-state index is 0.0482. The van der Waals surface area contributed by atoms with Crippen LogP contribution in [0.15, 0.2) is 54.6 Å². The molecule has 100 valence electrons. The van der Waals surface area contributed by atoms with E-state index in [0.717, 1.165) is 18.3 Å². The Hall–Kier alpha value is -2.22. The number of Topliss-reactive ketones (excluding diaryl/α,β-unsaturated/α-hetero) is 1. The number of benzene rings is 2. The third kappa shape index (κ3) is 1.97. The van der Waals surface area contributed by atoms with E-state index < -0.39 is 5.41 Å². The lowest BCUT2D eigenvalue weighted by Crippen LogP contribution is -2.11. The van der Waals surface area contributed by atoms with Crippen LogP contribution in [-0.4, -0.2) is 12.1 Å². The third-order valence-corrected chi connectivity index (χ3v) is 4.24. The van der Waals surface area contributed by atoms with Crippen molar-refractivity contribution in [3.05, 3.63) is 71.3 Å². The Morgan fingerprint density at radius 1 is 1.10 bits per heavy atom. The zero-order chi connectivity index (χ0) is 14.2. The van der Waals surface area contributed by atoms with Crippen LogP contribution in [0.2, 0.25) is 0 Å². The zero-order valence-electron chi connectivity index (χ0n) is 11.4. The maximum Gasteiger partial charge on any atom is 0.159 e. The van der Waals surface area contributed by atoms with Crippen LogP contribution < -0.4 is 0 Å². The largest absolute Gasteiger partial charge is 0.302 e. The van der Waals surface area contributed by atoms with Gasteiger partial charge in [-0.25, -0.2) is 0 Å². The molecule has 1 saturated carbocycles. The Kier molecular flexibility index (Phi) is 3.01. The van der Waals surface area contributed by atoms with Crippen molar-refractivity contribution in [1.82, 2.24) is 0 Å². The normalized spacial score (nSPS) is 24.1. The van der Waals surface area contributed by atoms with Gasteiger partial charge in [0.1, 0.15) is 6.29 Å². The van der Waals surface area contributed by atoms with Crippen molar-refractivity contribution in [3.8, 4) is 0 Å². The molecule has 0 aliphatic heterocycles. The average molecular weight is 264 g/mol. The number of carbonyl (C=O) groups excluding carboxylic acids is 2. The SMILES string of the molecule is CC(=O)c1ccc([C@]2(C=O)C[C@@H]2c2ccccc2)cc1. The summed E-state index contributed by atoms with van der Waals surface area (Å²) in [5, 5.41) is 0. The molecule has 2 atom stereocenters. The van der Waals surface area contributed by atoms with E-state index in [1.807, 2.05) is 42.5 Å². The van der Waals surface area contributed by atoms with Gasteiger partial charge in [-0.2, -0.15) is 0 Å². The van der Waals surface area contributed by atoms with Crippen LogP contribution in [0.1, 0.15) is 40.7 Å². The van der Waals surface area contributed by atoms with E-state index in [4.69, 9.17) is 0 Å². The lowest BCUT2D eigenvalue weighted by atomic mass is 9.91. The van der Waals surface area contributed by atoms with Crippen LogP contribution in [0, 0.1) is 0 Å². The number of hydrogen-bond acceptors (Lipinski definition) is 2. The highest BCUT2D eigenvalue weighted by atomic mass is 16.1. The Bertz CT molecular complexity index is 643. The molecule has 0 saturated heterocycles. The van der Waals surface area contributed by atoms with Gasteiger partial charge in [-0.05, 0) is 24.5 Å². The van der Waals surface area contributed by atoms with Crippen LogP contribution in [0.5, 0.6) is 0 Å². The van der Waals surface area contributed by atoms with Crippen LogP contribution >= 0.6 is 0 Å². The van der Waals surface area contributed by atoms with E-state index in [1.54, 1.807) is 6.92 Å². The first-order valence-corrected chi connectivity index (χ1v) is 6.80. The van der Waals surface area contributed by atoms with Crippen LogP contribution in [-0.2, 0) is 10.2 Å². The monoisotopic (exact) mass is 264 g/mol. The first kappa shape index (κ1) is 12.8. The van der Waals surface area contributed by atoms with Gasteiger partial charge in [0.15, 0.2) is 5.78 Å². The summed E-state index contributed by atoms with van der Waals surface area (Å²) in [6.07, 6.45) is 1.91. The molecule has 0 amide bonds. The van der Waals surface area contributed by atoms with Gasteiger partial charge in [0.25, 0.3) is 0 Å². The highest BCUT2D eigenvalue weighted by Gasteiger charge is 2.56. The van der Waals surface area contributed by atoms with Gasteiger partial charge in [-0.3, -0.25) is 4.79 Å². The van der Waals surface area contributed by atoms with Crippen molar-refractivity contribution < 1.29 is 9.59 Å². The van der Waals surface area contributed by atoms with Gasteiger partial charge < -0.3 is 4.79 Å². The Balaban J connectivity index is 1.92. The second-order valence-corrected chi connectivity index (χ2v) is 5.46. The summed E-state index contributed by atoms with van der Waals surface area (Å²) in [5.74, 6) is 0.302. The molecule has 2 aromatic carbocycles. The molecule has 2 nitrogen and oxygen atoms in total. The highest BCUT2D eigenvalue weighted by molar-refractivity contribution is 5.94. The molecule has 2 aromatic rings. The Morgan fingerprint density at radius 3 is 2.30 bits per heavy atom. The van der Waals surface area contributed by atoms with Crippen LogP contribution in [0.4, 0.5) is 0 Å². The molecule has 0 aromatic heterocycles. The van der Waals surface area contributed by atoms with Crippen molar-refractivity contribution in [2.45, 2.75) is 24.7 Å². The summed E-state index contributed by atoms with van der Waals surface area (Å²) in [5.41, 5.74) is 2.49. The lowest BCUT2D eigenvalue weighted by Gasteiger charge is -2.11. The standard InChI is InChI=1S/C18H16O2/c1-13(20)14-7-9-16(10-8-14)18(12-19)11-17(18)15-5-3-2-4-6-15/h2-10,12,17H,11H2,1H3/t17-,18-/m1/s1. The molecule has 0 spiro atoms. The molecule has 2 heteroatoms. The fourth-order valence-corrected chi connectivity index (χ4v) is 2.91. The molecule has 3 rings (SSSR count). The van der Waals surface area contributed by atoms with Gasteiger partial charge in [0.2, 0.25) is 0 Å². The smallest absolute Gasteiger partial charge is 0.159 e. The number of rotatable bonds is 4. The average Bonchev–Trinajstić information content (AvgIpc) is 3.24. The van der Waals surface area contributed by atoms with Gasteiger partial charge in [-0.1, -0.05) is 54.6 Å². The molecule has 20 heavy (non-hydrogen) atoms. The second-order valence-electron chi connectivity index (χ2n) is 5.46. The first-order valence-electron chi connectivity index (χ1n) is 6.80. The molecule has 0 heterocycles. The minimum Gasteiger partial charge on any atom is -0.302 e. The molecule has 0 N–H and O–H groups in total. The van der Waals surface area contributed by atoms with E-state index in [-0.39, 0.29) is 11.7 Å². The second kappa shape index (κ2) is 4.71. The van der Waals surface area contributed by atoms with E-state index in [1.165, 1.54) is 5.56 Å². The summed E-state index contributed by atoms with van der Waals surface area (Å²) in [6, 6.07) is 17.6. The summed E-state index contributed by atoms with van der Waals surface area (Å²) in [7, 11) is 0. The number of ketones is 1. The van der Waals surface area contributed by atoms with Crippen molar-refractivity contribution in [1.29, 1.82) is 0 Å². The van der Waals surface area contributed by atoms with Crippen molar-refractivity contribution in [2.24, 2.45) is 0 Å². The summed E-state index contributed by atoms with van der Waals surface area (Å²) in [6.45, 7) is 1.55. The molecular weight excluding hydrogens is 248 g/mol. The lowest BCUT2D eigenvalue weighted by molar-refractivity contribution is -0.110. The van der Waals surface area contributed by atoms with Gasteiger partial charge in [0, 0.05) is 11.5 Å². The van der Waals surface area contributed by atoms with Crippen molar-refractivity contribution in [3.63, 3.8) is 0 Å². The molecular formula is C18H16O2. The topological polar surface area (TPSA) is 34.1 Å². The summed E-state index contributed by atoms with van der Waals surface area (Å²) >= 11 is 0. The number of aldehydes is 1. The zero-order valence-corrected chi connectivity index (χ0v) is 11.4. The maximum atomic E-state index is 11.6. The number of carbonyl (C=O) groups is 2. The summed E-state index contributed by atoms with van der Waals surface area (Å²) < 4.78 is 0. The predicted molar refractivity (Wildman–Crippen MR) is 78.0 cm³/mol. The van der Waals surface area contributed by atoms with E-state index in [0.29, 0.717) is 5.56 Å². The van der Waals surface area contributed by atoms with Crippen LogP contribution in [0.25, 0.3) is 0 Å². The first-order chi connectivity index (χ1) is 9.67. The Morgan fingerprint density at radius 2 is 1.75 bits per heavy atom. The van der Waals surface area contributed by atoms with Gasteiger partial charge in [-0.15, -0.1) is 0 Å². The molecule has 1 fully saturated rings. The fraction of sp³-hybridized carbons (Fsp3) is 0.222. The van der Waals surface area contributed by atoms with E-state index >= 15 is 0 Å². The van der Waals surface area contributed by atoms with Gasteiger partial charge in [0.05, 0.1) is 5.41 Å². The molecule has 1 aliphatic rings. The quantitative estimate of drug-likeness (QED) is 0.625. The number of hydrogen-bond donors (Lipinski definition) is 0. The molecule has 0 bridgehead atoms. The molecule has 0 radical (unpaired) electrons. The maximum absolute atomic E-state index is 11.6. The highest BCUT2D eigenvalue weighted by Crippen LogP contribution is 2.59. The van der Waals surface area contributed by atoms with E-state index in [9.17, 15) is 9.59 Å². The molecule has 0 unspecified atom stereocenters.